The Labute approximate surface area is 205 Å². The van der Waals surface area contributed by atoms with E-state index in [1.54, 1.807) is 0 Å². The highest BCUT2D eigenvalue weighted by molar-refractivity contribution is 7.97. The van der Waals surface area contributed by atoms with Crippen LogP contribution in [-0.2, 0) is 6.42 Å². The quantitative estimate of drug-likeness (QED) is 0.298. The normalized spacial score (nSPS) is 17.2. The Bertz CT molecular complexity index is 939. The molecule has 3 aromatic carbocycles. The Balaban J connectivity index is 1.35. The molecule has 1 saturated heterocycles. The van der Waals surface area contributed by atoms with Gasteiger partial charge in [0, 0.05) is 11.4 Å². The first-order valence-corrected chi connectivity index (χ1v) is 13.1. The highest BCUT2D eigenvalue weighted by Crippen LogP contribution is 2.33. The van der Waals surface area contributed by atoms with Gasteiger partial charge in [0.2, 0.25) is 0 Å². The summed E-state index contributed by atoms with van der Waals surface area (Å²) in [6.07, 6.45) is 4.90. The Kier molecular flexibility index (Phi) is 8.66. The van der Waals surface area contributed by atoms with Crippen molar-refractivity contribution in [2.24, 2.45) is 5.41 Å². The Morgan fingerprint density at radius 3 is 2.06 bits per heavy atom. The average Bonchev–Trinajstić information content (AvgIpc) is 2.85. The molecule has 0 radical (unpaired) electrons. The molecule has 0 amide bonds. The maximum atomic E-state index is 2.70. The molecule has 1 atom stereocenters. The van der Waals surface area contributed by atoms with Gasteiger partial charge >= 0.3 is 0 Å². The molecule has 1 aliphatic heterocycles. The summed E-state index contributed by atoms with van der Waals surface area (Å²) in [6.45, 7) is 7.18. The molecule has 3 heteroatoms. The van der Waals surface area contributed by atoms with Crippen LogP contribution >= 0.6 is 11.9 Å². The maximum absolute atomic E-state index is 2.70. The van der Waals surface area contributed by atoms with E-state index in [1.807, 2.05) is 11.9 Å². The molecular weight excluding hydrogens is 420 g/mol. The van der Waals surface area contributed by atoms with Crippen molar-refractivity contribution in [1.82, 2.24) is 9.21 Å². The zero-order valence-electron chi connectivity index (χ0n) is 20.2. The minimum absolute atomic E-state index is 0.230. The van der Waals surface area contributed by atoms with Crippen molar-refractivity contribution in [3.8, 4) is 0 Å². The molecule has 33 heavy (non-hydrogen) atoms. The van der Waals surface area contributed by atoms with E-state index in [0.29, 0.717) is 0 Å². The second-order valence-electron chi connectivity index (χ2n) is 9.94. The standard InChI is InChI=1S/C30H38N2S/c1-30(24-26-12-6-3-7-13-26,25-31(2)33-29-16-10-5-11-17-29)20-23-32-21-18-28(19-22-32)27-14-8-4-9-15-27/h3-17,28H,18-25H2,1-2H3. The van der Waals surface area contributed by atoms with Crippen LogP contribution < -0.4 is 0 Å². The maximum Gasteiger partial charge on any atom is 0.0230 e. The highest BCUT2D eigenvalue weighted by Gasteiger charge is 2.29. The highest BCUT2D eigenvalue weighted by atomic mass is 32.2. The monoisotopic (exact) mass is 458 g/mol. The zero-order chi connectivity index (χ0) is 22.9. The lowest BCUT2D eigenvalue weighted by Crippen LogP contribution is -2.39. The molecule has 174 valence electrons. The first-order chi connectivity index (χ1) is 16.1. The van der Waals surface area contributed by atoms with Crippen LogP contribution in [0.5, 0.6) is 0 Å². The van der Waals surface area contributed by atoms with Crippen molar-refractivity contribution < 1.29 is 0 Å². The predicted octanol–water partition coefficient (Wildman–Crippen LogP) is 7.14. The molecule has 0 spiro atoms. The summed E-state index contributed by atoms with van der Waals surface area (Å²) in [5, 5.41) is 0. The van der Waals surface area contributed by atoms with Gasteiger partial charge in [-0.05, 0) is 98.9 Å². The van der Waals surface area contributed by atoms with Gasteiger partial charge in [-0.3, -0.25) is 0 Å². The summed E-state index contributed by atoms with van der Waals surface area (Å²) in [6, 6.07) is 32.9. The van der Waals surface area contributed by atoms with E-state index in [0.717, 1.165) is 18.9 Å². The lowest BCUT2D eigenvalue weighted by molar-refractivity contribution is 0.159. The van der Waals surface area contributed by atoms with E-state index in [4.69, 9.17) is 0 Å². The third-order valence-corrected chi connectivity index (χ3v) is 7.90. The van der Waals surface area contributed by atoms with Crippen LogP contribution in [0.15, 0.2) is 95.9 Å². The van der Waals surface area contributed by atoms with E-state index >= 15 is 0 Å². The van der Waals surface area contributed by atoms with Gasteiger partial charge in [0.25, 0.3) is 0 Å². The van der Waals surface area contributed by atoms with E-state index in [2.05, 4.69) is 114 Å². The van der Waals surface area contributed by atoms with Gasteiger partial charge < -0.3 is 4.90 Å². The summed E-state index contributed by atoms with van der Waals surface area (Å²) in [5.74, 6) is 0.728. The summed E-state index contributed by atoms with van der Waals surface area (Å²) >= 11 is 1.86. The van der Waals surface area contributed by atoms with Crippen molar-refractivity contribution in [3.63, 3.8) is 0 Å². The number of rotatable bonds is 10. The van der Waals surface area contributed by atoms with Gasteiger partial charge in [0.05, 0.1) is 0 Å². The van der Waals surface area contributed by atoms with E-state index in [1.165, 1.54) is 54.9 Å². The van der Waals surface area contributed by atoms with Crippen LogP contribution in [0.4, 0.5) is 0 Å². The minimum atomic E-state index is 0.230. The minimum Gasteiger partial charge on any atom is -0.303 e. The number of nitrogens with zero attached hydrogens (tertiary/aromatic N) is 2. The predicted molar refractivity (Wildman–Crippen MR) is 143 cm³/mol. The van der Waals surface area contributed by atoms with E-state index in [-0.39, 0.29) is 5.41 Å². The van der Waals surface area contributed by atoms with Gasteiger partial charge in [-0.1, -0.05) is 85.8 Å². The Morgan fingerprint density at radius 2 is 1.42 bits per heavy atom. The lowest BCUT2D eigenvalue weighted by Gasteiger charge is -2.38. The average molecular weight is 459 g/mol. The molecule has 0 saturated carbocycles. The van der Waals surface area contributed by atoms with Crippen molar-refractivity contribution in [3.05, 3.63) is 102 Å². The molecule has 3 aromatic rings. The largest absolute Gasteiger partial charge is 0.303 e. The van der Waals surface area contributed by atoms with Crippen molar-refractivity contribution in [1.29, 1.82) is 0 Å². The van der Waals surface area contributed by atoms with Crippen molar-refractivity contribution >= 4 is 11.9 Å². The summed E-state index contributed by atoms with van der Waals surface area (Å²) < 4.78 is 2.43. The Hall–Kier alpha value is -2.07. The second-order valence-corrected chi connectivity index (χ2v) is 11.2. The van der Waals surface area contributed by atoms with Crippen LogP contribution in [0.1, 0.15) is 43.2 Å². The zero-order valence-corrected chi connectivity index (χ0v) is 21.0. The smallest absolute Gasteiger partial charge is 0.0230 e. The van der Waals surface area contributed by atoms with Crippen LogP contribution in [0.3, 0.4) is 0 Å². The number of benzene rings is 3. The molecule has 1 heterocycles. The summed E-state index contributed by atoms with van der Waals surface area (Å²) in [5.41, 5.74) is 3.19. The second kappa shape index (κ2) is 11.9. The SMILES string of the molecule is CN(CC(C)(CCN1CCC(c2ccccc2)CC1)Cc1ccccc1)Sc1ccccc1. The molecule has 0 bridgehead atoms. The van der Waals surface area contributed by atoms with E-state index in [9.17, 15) is 0 Å². The molecule has 1 fully saturated rings. The summed E-state index contributed by atoms with van der Waals surface area (Å²) in [7, 11) is 2.24. The van der Waals surface area contributed by atoms with Gasteiger partial charge in [-0.15, -0.1) is 0 Å². The van der Waals surface area contributed by atoms with Crippen LogP contribution in [0.2, 0.25) is 0 Å². The van der Waals surface area contributed by atoms with Gasteiger partial charge in [-0.2, -0.15) is 0 Å². The molecule has 0 aliphatic carbocycles. The molecule has 0 N–H and O–H groups in total. The third kappa shape index (κ3) is 7.46. The topological polar surface area (TPSA) is 6.48 Å². The first kappa shape index (κ1) is 24.1. The fourth-order valence-corrected chi connectivity index (χ4v) is 6.20. The molecular formula is C30H38N2S. The van der Waals surface area contributed by atoms with Crippen molar-refractivity contribution in [2.45, 2.75) is 43.4 Å². The fraction of sp³-hybridized carbons (Fsp3) is 0.400. The Morgan fingerprint density at radius 1 is 0.848 bits per heavy atom. The first-order valence-electron chi connectivity index (χ1n) is 12.4. The van der Waals surface area contributed by atoms with Gasteiger partial charge in [-0.25, -0.2) is 4.31 Å². The number of hydrogen-bond donors (Lipinski definition) is 0. The van der Waals surface area contributed by atoms with Crippen LogP contribution in [-0.4, -0.2) is 42.4 Å². The molecule has 1 unspecified atom stereocenters. The fourth-order valence-electron chi connectivity index (χ4n) is 5.19. The number of piperidine rings is 1. The summed E-state index contributed by atoms with van der Waals surface area (Å²) in [4.78, 5) is 4.01. The lowest BCUT2D eigenvalue weighted by atomic mass is 9.80. The molecule has 4 rings (SSSR count). The number of likely N-dealkylation sites (tertiary alicyclic amines) is 1. The number of hydrogen-bond acceptors (Lipinski definition) is 3. The van der Waals surface area contributed by atoms with Crippen LogP contribution in [0.25, 0.3) is 0 Å². The third-order valence-electron chi connectivity index (χ3n) is 6.97. The van der Waals surface area contributed by atoms with Crippen LogP contribution in [0, 0.1) is 5.41 Å². The van der Waals surface area contributed by atoms with E-state index < -0.39 is 0 Å². The molecule has 2 nitrogen and oxygen atoms in total. The molecule has 0 aromatic heterocycles. The molecule has 1 aliphatic rings. The van der Waals surface area contributed by atoms with Gasteiger partial charge in [0.15, 0.2) is 0 Å². The van der Waals surface area contributed by atoms with Gasteiger partial charge in [0.1, 0.15) is 0 Å². The van der Waals surface area contributed by atoms with Crippen molar-refractivity contribution in [2.75, 3.05) is 33.2 Å².